The molecular formula is C20H13Cl2FN2O4S. The Morgan fingerprint density at radius 3 is 2.50 bits per heavy atom. The van der Waals surface area contributed by atoms with Crippen molar-refractivity contribution in [3.8, 4) is 16.9 Å². The van der Waals surface area contributed by atoms with E-state index in [-0.39, 0.29) is 27.8 Å². The van der Waals surface area contributed by atoms with E-state index in [0.29, 0.717) is 16.7 Å². The molecule has 0 spiro atoms. The Morgan fingerprint density at radius 1 is 1.00 bits per heavy atom. The first kappa shape index (κ1) is 20.5. The SMILES string of the molecule is O=C1NCc2ccccc2-c2cc(c(F)cc2Cl)NS(=O)(=O)c2cc1cc(Cl)c2O. The number of aromatic hydroxyl groups is 1. The number of carbonyl (C=O) groups is 1. The van der Waals surface area contributed by atoms with Crippen LogP contribution in [0, 0.1) is 5.82 Å². The van der Waals surface area contributed by atoms with Crippen LogP contribution in [-0.4, -0.2) is 19.4 Å². The van der Waals surface area contributed by atoms with Crippen LogP contribution in [0.5, 0.6) is 5.75 Å². The molecule has 6 nitrogen and oxygen atoms in total. The number of carbonyl (C=O) groups excluding carboxylic acids is 1. The van der Waals surface area contributed by atoms with Crippen LogP contribution in [0.15, 0.2) is 53.4 Å². The van der Waals surface area contributed by atoms with E-state index in [1.165, 1.54) is 6.07 Å². The fourth-order valence-electron chi connectivity index (χ4n) is 3.16. The summed E-state index contributed by atoms with van der Waals surface area (Å²) in [7, 11) is -4.50. The summed E-state index contributed by atoms with van der Waals surface area (Å²) in [5, 5.41) is 12.6. The van der Waals surface area contributed by atoms with Gasteiger partial charge in [-0.1, -0.05) is 47.5 Å². The molecule has 1 aliphatic rings. The first-order valence-corrected chi connectivity index (χ1v) is 10.8. The Balaban J connectivity index is 2.01. The number of phenolic OH excluding ortho intramolecular Hbond substituents is 1. The molecule has 0 saturated heterocycles. The highest BCUT2D eigenvalue weighted by Gasteiger charge is 2.26. The van der Waals surface area contributed by atoms with Gasteiger partial charge in [0.1, 0.15) is 10.7 Å². The Morgan fingerprint density at radius 2 is 1.73 bits per heavy atom. The van der Waals surface area contributed by atoms with Crippen molar-refractivity contribution in [2.75, 3.05) is 4.72 Å². The fraction of sp³-hybridized carbons (Fsp3) is 0.0500. The maximum Gasteiger partial charge on any atom is 0.265 e. The van der Waals surface area contributed by atoms with E-state index in [1.54, 1.807) is 24.3 Å². The second-order valence-electron chi connectivity index (χ2n) is 6.56. The fourth-order valence-corrected chi connectivity index (χ4v) is 4.89. The van der Waals surface area contributed by atoms with Gasteiger partial charge in [0, 0.05) is 17.7 Å². The van der Waals surface area contributed by atoms with Gasteiger partial charge in [-0.05, 0) is 35.4 Å². The van der Waals surface area contributed by atoms with Crippen LogP contribution in [0.2, 0.25) is 10.0 Å². The second kappa shape index (κ2) is 7.46. The van der Waals surface area contributed by atoms with E-state index in [4.69, 9.17) is 23.2 Å². The normalized spacial score (nSPS) is 15.0. The Kier molecular flexibility index (Phi) is 5.09. The highest BCUT2D eigenvalue weighted by Crippen LogP contribution is 2.38. The molecule has 0 atom stereocenters. The predicted molar refractivity (Wildman–Crippen MR) is 112 cm³/mol. The lowest BCUT2D eigenvalue weighted by molar-refractivity contribution is 0.0950. The van der Waals surface area contributed by atoms with Gasteiger partial charge in [0.15, 0.2) is 5.75 Å². The van der Waals surface area contributed by atoms with E-state index in [2.05, 4.69) is 10.0 Å². The van der Waals surface area contributed by atoms with Crippen LogP contribution in [0.3, 0.4) is 0 Å². The summed E-state index contributed by atoms with van der Waals surface area (Å²) in [6, 6.07) is 11.4. The maximum absolute atomic E-state index is 14.5. The van der Waals surface area contributed by atoms with E-state index >= 15 is 0 Å². The first-order valence-electron chi connectivity index (χ1n) is 8.58. The number of sulfonamides is 1. The van der Waals surface area contributed by atoms with Crippen molar-refractivity contribution < 1.29 is 22.7 Å². The molecule has 0 saturated carbocycles. The van der Waals surface area contributed by atoms with E-state index in [9.17, 15) is 22.7 Å². The van der Waals surface area contributed by atoms with Crippen molar-refractivity contribution in [3.05, 3.63) is 75.5 Å². The number of amides is 1. The monoisotopic (exact) mass is 466 g/mol. The molecule has 0 aliphatic carbocycles. The van der Waals surface area contributed by atoms with Crippen LogP contribution in [-0.2, 0) is 16.6 Å². The number of hydrogen-bond acceptors (Lipinski definition) is 4. The standard InChI is InChI=1S/C20H13Cl2FN2O4S/c21-14-8-16(23)17-7-13(14)12-4-2-1-3-10(12)9-24-20(27)11-5-15(22)19(26)18(6-11)30(28,29)25-17/h1-8,25-26H,9H2,(H,24,27). The van der Waals surface area contributed by atoms with E-state index in [0.717, 1.165) is 18.2 Å². The smallest absolute Gasteiger partial charge is 0.265 e. The van der Waals surface area contributed by atoms with Crippen LogP contribution in [0.1, 0.15) is 15.9 Å². The number of halogens is 3. The zero-order chi connectivity index (χ0) is 21.6. The molecule has 1 amide bonds. The minimum atomic E-state index is -4.50. The van der Waals surface area contributed by atoms with Crippen LogP contribution >= 0.6 is 23.2 Å². The third-order valence-corrected chi connectivity index (χ3v) is 6.61. The molecular weight excluding hydrogens is 454 g/mol. The lowest BCUT2D eigenvalue weighted by Crippen LogP contribution is -2.23. The third kappa shape index (κ3) is 3.58. The van der Waals surface area contributed by atoms with Crippen molar-refractivity contribution in [2.45, 2.75) is 11.4 Å². The van der Waals surface area contributed by atoms with Crippen molar-refractivity contribution in [3.63, 3.8) is 0 Å². The van der Waals surface area contributed by atoms with Gasteiger partial charge in [0.25, 0.3) is 15.9 Å². The molecule has 1 heterocycles. The molecule has 0 unspecified atom stereocenters. The molecule has 10 heteroatoms. The minimum Gasteiger partial charge on any atom is -0.505 e. The number of anilines is 1. The molecule has 0 radical (unpaired) electrons. The van der Waals surface area contributed by atoms with Crippen LogP contribution < -0.4 is 10.0 Å². The number of hydrogen-bond donors (Lipinski definition) is 3. The van der Waals surface area contributed by atoms with Crippen molar-refractivity contribution in [1.82, 2.24) is 5.32 Å². The zero-order valence-electron chi connectivity index (χ0n) is 15.0. The van der Waals surface area contributed by atoms with E-state index in [1.807, 2.05) is 0 Å². The first-order chi connectivity index (χ1) is 14.2. The van der Waals surface area contributed by atoms with Crippen molar-refractivity contribution in [1.29, 1.82) is 0 Å². The lowest BCUT2D eigenvalue weighted by atomic mass is 9.99. The summed E-state index contributed by atoms with van der Waals surface area (Å²) in [5.74, 6) is -2.27. The number of nitrogens with one attached hydrogen (secondary N) is 2. The van der Waals surface area contributed by atoms with Gasteiger partial charge in [-0.15, -0.1) is 0 Å². The summed E-state index contributed by atoms with van der Waals surface area (Å²) in [4.78, 5) is 12.0. The second-order valence-corrected chi connectivity index (χ2v) is 9.03. The van der Waals surface area contributed by atoms with Gasteiger partial charge in [-0.3, -0.25) is 9.52 Å². The Hall–Kier alpha value is -2.81. The molecule has 0 fully saturated rings. The third-order valence-electron chi connectivity index (χ3n) is 4.63. The quantitative estimate of drug-likeness (QED) is 0.452. The maximum atomic E-state index is 14.5. The Bertz CT molecular complexity index is 1310. The molecule has 3 N–H and O–H groups in total. The van der Waals surface area contributed by atoms with E-state index < -0.39 is 32.4 Å². The molecule has 3 aromatic carbocycles. The highest BCUT2D eigenvalue weighted by molar-refractivity contribution is 7.92. The number of phenols is 1. The molecule has 30 heavy (non-hydrogen) atoms. The molecule has 4 bridgehead atoms. The molecule has 0 aromatic heterocycles. The van der Waals surface area contributed by atoms with Gasteiger partial charge >= 0.3 is 0 Å². The molecule has 3 aromatic rings. The summed E-state index contributed by atoms with van der Waals surface area (Å²) in [6.07, 6.45) is 0. The number of rotatable bonds is 0. The average Bonchev–Trinajstić information content (AvgIpc) is 2.70. The topological polar surface area (TPSA) is 95.5 Å². The molecule has 1 aliphatic heterocycles. The van der Waals surface area contributed by atoms with Crippen LogP contribution in [0.4, 0.5) is 10.1 Å². The lowest BCUT2D eigenvalue weighted by Gasteiger charge is -2.14. The zero-order valence-corrected chi connectivity index (χ0v) is 17.4. The number of fused-ring (bicyclic) bond motifs is 6. The molecule has 4 rings (SSSR count). The summed E-state index contributed by atoms with van der Waals surface area (Å²) < 4.78 is 42.4. The number of benzene rings is 3. The van der Waals surface area contributed by atoms with Gasteiger partial charge in [-0.2, -0.15) is 0 Å². The summed E-state index contributed by atoms with van der Waals surface area (Å²) in [6.45, 7) is 0.0893. The minimum absolute atomic E-state index is 0.0653. The summed E-state index contributed by atoms with van der Waals surface area (Å²) in [5.41, 5.74) is 1.19. The Labute approximate surface area is 181 Å². The average molecular weight is 467 g/mol. The van der Waals surface area contributed by atoms with Gasteiger partial charge in [0.05, 0.1) is 15.7 Å². The van der Waals surface area contributed by atoms with Gasteiger partial charge < -0.3 is 10.4 Å². The van der Waals surface area contributed by atoms with Gasteiger partial charge in [0.2, 0.25) is 0 Å². The largest absolute Gasteiger partial charge is 0.505 e. The highest BCUT2D eigenvalue weighted by atomic mass is 35.5. The summed E-state index contributed by atoms with van der Waals surface area (Å²) >= 11 is 12.2. The molecule has 154 valence electrons. The van der Waals surface area contributed by atoms with Gasteiger partial charge in [-0.25, -0.2) is 12.8 Å². The van der Waals surface area contributed by atoms with Crippen LogP contribution in [0.25, 0.3) is 11.1 Å². The van der Waals surface area contributed by atoms with Crippen molar-refractivity contribution >= 4 is 44.8 Å². The predicted octanol–water partition coefficient (Wildman–Crippen LogP) is 4.55. The van der Waals surface area contributed by atoms with Crippen molar-refractivity contribution in [2.24, 2.45) is 0 Å².